The molecular formula is C17H16ClN3O3. The summed E-state index contributed by atoms with van der Waals surface area (Å²) in [5, 5.41) is 17.7. The van der Waals surface area contributed by atoms with Crippen molar-refractivity contribution in [1.29, 1.82) is 0 Å². The molecule has 1 amide bonds. The zero-order chi connectivity index (χ0) is 17.1. The Morgan fingerprint density at radius 1 is 1.25 bits per heavy atom. The summed E-state index contributed by atoms with van der Waals surface area (Å²) in [4.78, 5) is 23.0. The minimum Gasteiger partial charge on any atom is -0.377 e. The van der Waals surface area contributed by atoms with Crippen LogP contribution in [0.5, 0.6) is 0 Å². The summed E-state index contributed by atoms with van der Waals surface area (Å²) in [6, 6.07) is 11.9. The molecule has 0 spiro atoms. The number of benzene rings is 2. The second-order valence-electron chi connectivity index (χ2n) is 5.72. The van der Waals surface area contributed by atoms with Crippen molar-refractivity contribution < 1.29 is 9.72 Å². The third-order valence-corrected chi connectivity index (χ3v) is 3.97. The maximum Gasteiger partial charge on any atom is 0.293 e. The largest absolute Gasteiger partial charge is 0.377 e. The lowest BCUT2D eigenvalue weighted by molar-refractivity contribution is -0.384. The van der Waals surface area contributed by atoms with E-state index in [-0.39, 0.29) is 17.2 Å². The molecule has 0 saturated heterocycles. The SMILES string of the molecule is O=C(NCc1cccc(Cl)c1)c1ccc(NC2CC2)c([N+](=O)[O-])c1. The van der Waals surface area contributed by atoms with Gasteiger partial charge in [-0.05, 0) is 42.7 Å². The number of amides is 1. The van der Waals surface area contributed by atoms with Crippen LogP contribution in [0.3, 0.4) is 0 Å². The minimum atomic E-state index is -0.474. The van der Waals surface area contributed by atoms with Gasteiger partial charge >= 0.3 is 0 Å². The van der Waals surface area contributed by atoms with E-state index in [1.54, 1.807) is 30.3 Å². The Morgan fingerprint density at radius 2 is 2.04 bits per heavy atom. The van der Waals surface area contributed by atoms with Gasteiger partial charge in [-0.3, -0.25) is 14.9 Å². The molecule has 0 heterocycles. The van der Waals surface area contributed by atoms with Crippen LogP contribution in [-0.2, 0) is 6.54 Å². The molecule has 0 bridgehead atoms. The number of hydrogen-bond donors (Lipinski definition) is 2. The van der Waals surface area contributed by atoms with Gasteiger partial charge in [0, 0.05) is 29.2 Å². The molecule has 6 nitrogen and oxygen atoms in total. The standard InChI is InChI=1S/C17H16ClN3O3/c18-13-3-1-2-11(8-13)10-19-17(22)12-4-7-15(20-14-5-6-14)16(9-12)21(23)24/h1-4,7-9,14,20H,5-6,10H2,(H,19,22). The lowest BCUT2D eigenvalue weighted by Crippen LogP contribution is -2.23. The first kappa shape index (κ1) is 16.3. The number of rotatable bonds is 6. The number of halogens is 1. The molecule has 1 aliphatic rings. The average Bonchev–Trinajstić information content (AvgIpc) is 3.37. The Morgan fingerprint density at radius 3 is 2.71 bits per heavy atom. The Hall–Kier alpha value is -2.60. The third-order valence-electron chi connectivity index (χ3n) is 3.74. The lowest BCUT2D eigenvalue weighted by atomic mass is 10.1. The number of nitro groups is 1. The number of anilines is 1. The Bertz CT molecular complexity index is 790. The van der Waals surface area contributed by atoms with Gasteiger partial charge in [-0.2, -0.15) is 0 Å². The van der Waals surface area contributed by atoms with E-state index in [1.165, 1.54) is 6.07 Å². The highest BCUT2D eigenvalue weighted by molar-refractivity contribution is 6.30. The van der Waals surface area contributed by atoms with Crippen LogP contribution in [0.2, 0.25) is 5.02 Å². The zero-order valence-corrected chi connectivity index (χ0v) is 13.5. The molecule has 0 unspecified atom stereocenters. The Labute approximate surface area is 144 Å². The van der Waals surface area contributed by atoms with Crippen molar-refractivity contribution in [3.8, 4) is 0 Å². The monoisotopic (exact) mass is 345 g/mol. The van der Waals surface area contributed by atoms with E-state index in [4.69, 9.17) is 11.6 Å². The summed E-state index contributed by atoms with van der Waals surface area (Å²) in [6.07, 6.45) is 2.03. The molecule has 2 aromatic rings. The fraction of sp³-hybridized carbons (Fsp3) is 0.235. The van der Waals surface area contributed by atoms with Crippen LogP contribution in [0.4, 0.5) is 11.4 Å². The second-order valence-corrected chi connectivity index (χ2v) is 6.16. The molecule has 7 heteroatoms. The van der Waals surface area contributed by atoms with Crippen LogP contribution in [0, 0.1) is 10.1 Å². The predicted octanol–water partition coefficient (Wildman–Crippen LogP) is 3.75. The summed E-state index contributed by atoms with van der Waals surface area (Å²) in [5.41, 5.74) is 1.48. The van der Waals surface area contributed by atoms with E-state index in [9.17, 15) is 14.9 Å². The zero-order valence-electron chi connectivity index (χ0n) is 12.8. The second kappa shape index (κ2) is 6.88. The van der Waals surface area contributed by atoms with Gasteiger partial charge in [-0.15, -0.1) is 0 Å². The number of carbonyl (C=O) groups is 1. The maximum absolute atomic E-state index is 12.2. The average molecular weight is 346 g/mol. The number of hydrogen-bond acceptors (Lipinski definition) is 4. The molecule has 0 radical (unpaired) electrons. The maximum atomic E-state index is 12.2. The van der Waals surface area contributed by atoms with Crippen LogP contribution >= 0.6 is 11.6 Å². The third kappa shape index (κ3) is 4.02. The van der Waals surface area contributed by atoms with Gasteiger partial charge in [0.25, 0.3) is 11.6 Å². The summed E-state index contributed by atoms with van der Waals surface area (Å²) in [5.74, 6) is -0.365. The molecule has 0 atom stereocenters. The molecule has 0 aromatic heterocycles. The van der Waals surface area contributed by atoms with E-state index < -0.39 is 4.92 Å². The van der Waals surface area contributed by atoms with Gasteiger partial charge in [-0.1, -0.05) is 23.7 Å². The summed E-state index contributed by atoms with van der Waals surface area (Å²) >= 11 is 5.90. The lowest BCUT2D eigenvalue weighted by Gasteiger charge is -2.09. The van der Waals surface area contributed by atoms with Crippen molar-refractivity contribution in [1.82, 2.24) is 5.32 Å². The molecule has 1 saturated carbocycles. The summed E-state index contributed by atoms with van der Waals surface area (Å²) < 4.78 is 0. The molecule has 124 valence electrons. The highest BCUT2D eigenvalue weighted by Crippen LogP contribution is 2.31. The van der Waals surface area contributed by atoms with Crippen LogP contribution < -0.4 is 10.6 Å². The number of nitro benzene ring substituents is 1. The van der Waals surface area contributed by atoms with Gasteiger partial charge in [0.1, 0.15) is 5.69 Å². The molecular weight excluding hydrogens is 330 g/mol. The number of carbonyl (C=O) groups excluding carboxylic acids is 1. The van der Waals surface area contributed by atoms with Crippen molar-refractivity contribution in [2.45, 2.75) is 25.4 Å². The van der Waals surface area contributed by atoms with Gasteiger partial charge < -0.3 is 10.6 Å². The van der Waals surface area contributed by atoms with E-state index in [0.717, 1.165) is 18.4 Å². The smallest absolute Gasteiger partial charge is 0.293 e. The van der Waals surface area contributed by atoms with Crippen molar-refractivity contribution in [2.24, 2.45) is 0 Å². The minimum absolute atomic E-state index is 0.0858. The van der Waals surface area contributed by atoms with Crippen molar-refractivity contribution in [3.63, 3.8) is 0 Å². The van der Waals surface area contributed by atoms with Gasteiger partial charge in [0.2, 0.25) is 0 Å². The first-order valence-electron chi connectivity index (χ1n) is 7.60. The first-order chi connectivity index (χ1) is 11.5. The highest BCUT2D eigenvalue weighted by atomic mass is 35.5. The van der Waals surface area contributed by atoms with Gasteiger partial charge in [0.05, 0.1) is 4.92 Å². The Balaban J connectivity index is 1.71. The summed E-state index contributed by atoms with van der Waals surface area (Å²) in [6.45, 7) is 0.301. The van der Waals surface area contributed by atoms with E-state index in [2.05, 4.69) is 10.6 Å². The van der Waals surface area contributed by atoms with Gasteiger partial charge in [0.15, 0.2) is 0 Å². The van der Waals surface area contributed by atoms with E-state index in [1.807, 2.05) is 6.07 Å². The molecule has 2 aromatic carbocycles. The Kier molecular flexibility index (Phi) is 4.66. The molecule has 3 rings (SSSR count). The molecule has 0 aliphatic heterocycles. The van der Waals surface area contributed by atoms with Crippen LogP contribution in [0.15, 0.2) is 42.5 Å². The molecule has 2 N–H and O–H groups in total. The van der Waals surface area contributed by atoms with E-state index >= 15 is 0 Å². The molecule has 1 aliphatic carbocycles. The highest BCUT2D eigenvalue weighted by Gasteiger charge is 2.25. The topological polar surface area (TPSA) is 84.3 Å². The van der Waals surface area contributed by atoms with Crippen LogP contribution in [0.25, 0.3) is 0 Å². The quantitative estimate of drug-likeness (QED) is 0.616. The number of nitrogens with one attached hydrogen (secondary N) is 2. The molecule has 1 fully saturated rings. The first-order valence-corrected chi connectivity index (χ1v) is 7.98. The summed E-state index contributed by atoms with van der Waals surface area (Å²) in [7, 11) is 0. The van der Waals surface area contributed by atoms with Crippen LogP contribution in [-0.4, -0.2) is 16.9 Å². The van der Waals surface area contributed by atoms with E-state index in [0.29, 0.717) is 23.3 Å². The van der Waals surface area contributed by atoms with Crippen molar-refractivity contribution >= 4 is 28.9 Å². The van der Waals surface area contributed by atoms with Gasteiger partial charge in [-0.25, -0.2) is 0 Å². The van der Waals surface area contributed by atoms with Crippen molar-refractivity contribution in [3.05, 3.63) is 68.7 Å². The normalized spacial score (nSPS) is 13.4. The van der Waals surface area contributed by atoms with Crippen molar-refractivity contribution in [2.75, 3.05) is 5.32 Å². The fourth-order valence-electron chi connectivity index (χ4n) is 2.32. The molecule has 24 heavy (non-hydrogen) atoms. The predicted molar refractivity (Wildman–Crippen MR) is 92.4 cm³/mol. The van der Waals surface area contributed by atoms with Crippen LogP contribution in [0.1, 0.15) is 28.8 Å². The number of nitrogens with zero attached hydrogens (tertiary/aromatic N) is 1. The fourth-order valence-corrected chi connectivity index (χ4v) is 2.54.